The van der Waals surface area contributed by atoms with Gasteiger partial charge in [-0.25, -0.2) is 4.39 Å². The van der Waals surface area contributed by atoms with E-state index >= 15 is 0 Å². The Morgan fingerprint density at radius 2 is 1.85 bits per heavy atom. The Morgan fingerprint density at radius 1 is 1.19 bits per heavy atom. The molecule has 2 N–H and O–H groups in total. The zero-order valence-electron chi connectivity index (χ0n) is 14.9. The lowest BCUT2D eigenvalue weighted by atomic mass is 9.99. The zero-order chi connectivity index (χ0) is 19.4. The van der Waals surface area contributed by atoms with Crippen LogP contribution in [-0.2, 0) is 4.79 Å². The van der Waals surface area contributed by atoms with E-state index in [-0.39, 0.29) is 12.5 Å². The first-order valence-electron chi connectivity index (χ1n) is 8.62. The minimum atomic E-state index is -1.08. The van der Waals surface area contributed by atoms with Gasteiger partial charge in [0.1, 0.15) is 5.82 Å². The molecule has 0 saturated heterocycles. The highest BCUT2D eigenvalue weighted by molar-refractivity contribution is 5.95. The van der Waals surface area contributed by atoms with E-state index in [1.807, 2.05) is 24.1 Å². The fourth-order valence-corrected chi connectivity index (χ4v) is 2.89. The van der Waals surface area contributed by atoms with Crippen LogP contribution in [0.5, 0.6) is 0 Å². The number of rotatable bonds is 6. The van der Waals surface area contributed by atoms with Gasteiger partial charge in [-0.05, 0) is 48.9 Å². The van der Waals surface area contributed by atoms with Crippen LogP contribution in [0.4, 0.5) is 10.1 Å². The minimum absolute atomic E-state index is 0.0861. The molecule has 0 saturated carbocycles. The molecule has 2 aromatic rings. The second kappa shape index (κ2) is 7.99. The summed E-state index contributed by atoms with van der Waals surface area (Å²) in [5.74, 6) is -2.84. The highest BCUT2D eigenvalue weighted by Gasteiger charge is 2.21. The van der Waals surface area contributed by atoms with E-state index in [0.29, 0.717) is 11.1 Å². The van der Waals surface area contributed by atoms with Gasteiger partial charge in [-0.2, -0.15) is 5.10 Å². The summed E-state index contributed by atoms with van der Waals surface area (Å²) in [7, 11) is 0. The molecule has 7 heteroatoms. The zero-order valence-corrected chi connectivity index (χ0v) is 14.9. The molecule has 0 spiro atoms. The second-order valence-electron chi connectivity index (χ2n) is 6.41. The van der Waals surface area contributed by atoms with Crippen LogP contribution < -0.4 is 10.3 Å². The number of carbonyl (C=O) groups excluding carboxylic acids is 1. The molecule has 1 unspecified atom stereocenters. The smallest absolute Gasteiger partial charge is 0.312 e. The molecule has 140 valence electrons. The van der Waals surface area contributed by atoms with Gasteiger partial charge in [0.25, 0.3) is 5.91 Å². The largest absolute Gasteiger partial charge is 0.481 e. The maximum atomic E-state index is 13.0. The molecule has 3 rings (SSSR count). The van der Waals surface area contributed by atoms with E-state index in [2.05, 4.69) is 10.4 Å². The van der Waals surface area contributed by atoms with Gasteiger partial charge >= 0.3 is 5.97 Å². The van der Waals surface area contributed by atoms with Crippen molar-refractivity contribution in [2.75, 3.05) is 18.1 Å². The van der Waals surface area contributed by atoms with Gasteiger partial charge in [0, 0.05) is 30.8 Å². The summed E-state index contributed by atoms with van der Waals surface area (Å²) in [6.45, 7) is 2.70. The molecule has 0 aliphatic carbocycles. The Bertz CT molecular complexity index is 863. The Morgan fingerprint density at radius 3 is 2.41 bits per heavy atom. The lowest BCUT2D eigenvalue weighted by Crippen LogP contribution is -2.31. The number of nitrogens with one attached hydrogen (secondary N) is 1. The molecule has 1 amide bonds. The molecule has 0 bridgehead atoms. The molecule has 27 heavy (non-hydrogen) atoms. The van der Waals surface area contributed by atoms with Gasteiger partial charge in [0.15, 0.2) is 0 Å². The Hall–Kier alpha value is -3.22. The van der Waals surface area contributed by atoms with E-state index in [1.165, 1.54) is 24.3 Å². The van der Waals surface area contributed by atoms with E-state index in [1.54, 1.807) is 12.1 Å². The number of carboxylic acids is 1. The Labute approximate surface area is 156 Å². The number of hydrogen-bond donors (Lipinski definition) is 2. The van der Waals surface area contributed by atoms with Crippen LogP contribution >= 0.6 is 0 Å². The summed E-state index contributed by atoms with van der Waals surface area (Å²) in [6.07, 6.45) is 0.919. The fourth-order valence-electron chi connectivity index (χ4n) is 2.89. The van der Waals surface area contributed by atoms with E-state index in [4.69, 9.17) is 0 Å². The summed E-state index contributed by atoms with van der Waals surface area (Å²) in [6, 6.07) is 12.2. The van der Waals surface area contributed by atoms with Crippen molar-refractivity contribution in [2.24, 2.45) is 5.10 Å². The predicted octanol–water partition coefficient (Wildman–Crippen LogP) is 3.01. The number of hydrazone groups is 1. The fraction of sp³-hybridized carbons (Fsp3) is 0.250. The SMILES string of the molecule is CC1=NN(c2ccc(C(=O)NCC(C(=O)O)c3ccc(F)cc3)cc2)CC1. The molecule has 0 radical (unpaired) electrons. The van der Waals surface area contributed by atoms with Crippen LogP contribution in [0, 0.1) is 5.82 Å². The number of carbonyl (C=O) groups is 2. The van der Waals surface area contributed by atoms with E-state index < -0.39 is 17.7 Å². The number of nitrogens with zero attached hydrogens (tertiary/aromatic N) is 2. The number of amides is 1. The van der Waals surface area contributed by atoms with Crippen molar-refractivity contribution in [3.05, 3.63) is 65.5 Å². The van der Waals surface area contributed by atoms with Crippen LogP contribution in [0.2, 0.25) is 0 Å². The highest BCUT2D eigenvalue weighted by Crippen LogP contribution is 2.20. The molecule has 1 aliphatic heterocycles. The van der Waals surface area contributed by atoms with Gasteiger partial charge in [-0.3, -0.25) is 14.6 Å². The minimum Gasteiger partial charge on any atom is -0.481 e. The van der Waals surface area contributed by atoms with Crippen molar-refractivity contribution in [1.29, 1.82) is 0 Å². The maximum absolute atomic E-state index is 13.0. The van der Waals surface area contributed by atoms with Crippen molar-refractivity contribution in [3.8, 4) is 0 Å². The van der Waals surface area contributed by atoms with Crippen LogP contribution in [0.25, 0.3) is 0 Å². The standard InChI is InChI=1S/C20H20FN3O3/c1-13-10-11-24(23-13)17-8-4-15(5-9-17)19(25)22-12-18(20(26)27)14-2-6-16(21)7-3-14/h2-9,18H,10-12H2,1H3,(H,22,25)(H,26,27). The van der Waals surface area contributed by atoms with Gasteiger partial charge in [-0.1, -0.05) is 12.1 Å². The van der Waals surface area contributed by atoms with Crippen LogP contribution in [0.1, 0.15) is 35.2 Å². The third-order valence-electron chi connectivity index (χ3n) is 4.44. The molecule has 0 aromatic heterocycles. The molecule has 1 atom stereocenters. The lowest BCUT2D eigenvalue weighted by Gasteiger charge is -2.15. The lowest BCUT2D eigenvalue weighted by molar-refractivity contribution is -0.138. The Balaban J connectivity index is 1.64. The summed E-state index contributed by atoms with van der Waals surface area (Å²) in [4.78, 5) is 23.8. The normalized spacial score (nSPS) is 14.6. The molecule has 1 heterocycles. The second-order valence-corrected chi connectivity index (χ2v) is 6.41. The summed E-state index contributed by atoms with van der Waals surface area (Å²) < 4.78 is 13.0. The summed E-state index contributed by atoms with van der Waals surface area (Å²) in [5, 5.41) is 18.3. The predicted molar refractivity (Wildman–Crippen MR) is 101 cm³/mol. The molecular weight excluding hydrogens is 349 g/mol. The molecule has 0 fully saturated rings. The van der Waals surface area contributed by atoms with Crippen molar-refractivity contribution < 1.29 is 19.1 Å². The molecule has 6 nitrogen and oxygen atoms in total. The Kier molecular flexibility index (Phi) is 5.49. The number of anilines is 1. The van der Waals surface area contributed by atoms with Gasteiger partial charge in [0.05, 0.1) is 11.6 Å². The van der Waals surface area contributed by atoms with Crippen molar-refractivity contribution in [3.63, 3.8) is 0 Å². The van der Waals surface area contributed by atoms with Crippen LogP contribution in [0.15, 0.2) is 53.6 Å². The number of halogens is 1. The summed E-state index contributed by atoms with van der Waals surface area (Å²) in [5.41, 5.74) is 2.83. The van der Waals surface area contributed by atoms with E-state index in [0.717, 1.165) is 24.4 Å². The third kappa shape index (κ3) is 4.49. The first-order chi connectivity index (χ1) is 12.9. The van der Waals surface area contributed by atoms with E-state index in [9.17, 15) is 19.1 Å². The number of aliphatic carboxylic acids is 1. The van der Waals surface area contributed by atoms with Crippen molar-refractivity contribution >= 4 is 23.3 Å². The number of carboxylic acid groups (broad SMARTS) is 1. The monoisotopic (exact) mass is 369 g/mol. The van der Waals surface area contributed by atoms with Gasteiger partial charge in [0.2, 0.25) is 0 Å². The first kappa shape index (κ1) is 18.6. The number of benzene rings is 2. The topological polar surface area (TPSA) is 82.0 Å². The third-order valence-corrected chi connectivity index (χ3v) is 4.44. The molecule has 1 aliphatic rings. The van der Waals surface area contributed by atoms with Crippen LogP contribution in [-0.4, -0.2) is 35.8 Å². The average molecular weight is 369 g/mol. The van der Waals surface area contributed by atoms with Gasteiger partial charge in [-0.15, -0.1) is 0 Å². The number of hydrogen-bond acceptors (Lipinski definition) is 4. The van der Waals surface area contributed by atoms with Crippen LogP contribution in [0.3, 0.4) is 0 Å². The van der Waals surface area contributed by atoms with Gasteiger partial charge < -0.3 is 10.4 Å². The quantitative estimate of drug-likeness (QED) is 0.820. The summed E-state index contributed by atoms with van der Waals surface area (Å²) >= 11 is 0. The first-order valence-corrected chi connectivity index (χ1v) is 8.62. The maximum Gasteiger partial charge on any atom is 0.312 e. The highest BCUT2D eigenvalue weighted by atomic mass is 19.1. The molecule has 2 aromatic carbocycles. The van der Waals surface area contributed by atoms with Crippen molar-refractivity contribution in [1.82, 2.24) is 5.32 Å². The van der Waals surface area contributed by atoms with Crippen molar-refractivity contribution in [2.45, 2.75) is 19.3 Å². The average Bonchev–Trinajstić information content (AvgIpc) is 3.09. The molecular formula is C20H20FN3O3.